The van der Waals surface area contributed by atoms with Crippen molar-refractivity contribution in [2.24, 2.45) is 0 Å². The van der Waals surface area contributed by atoms with Crippen LogP contribution in [0.5, 0.6) is 0 Å². The summed E-state index contributed by atoms with van der Waals surface area (Å²) in [5.74, 6) is 0. The van der Waals surface area contributed by atoms with Crippen LogP contribution in [0, 0.1) is 0 Å². The van der Waals surface area contributed by atoms with Crippen LogP contribution in [0.1, 0.15) is 22.9 Å². The molecular weight excluding hydrogens is 352 g/mol. The van der Waals surface area contributed by atoms with Crippen molar-refractivity contribution in [3.05, 3.63) is 50.1 Å². The Morgan fingerprint density at radius 3 is 2.85 bits per heavy atom. The van der Waals surface area contributed by atoms with Crippen molar-refractivity contribution < 1.29 is 0 Å². The largest absolute Gasteiger partial charge is 0.308 e. The van der Waals surface area contributed by atoms with Crippen LogP contribution in [0.25, 0.3) is 10.2 Å². The zero-order chi connectivity index (χ0) is 13.9. The number of nitrogens with one attached hydrogen (secondary N) is 1. The van der Waals surface area contributed by atoms with Crippen molar-refractivity contribution in [3.63, 3.8) is 0 Å². The van der Waals surface area contributed by atoms with Gasteiger partial charge in [-0.25, -0.2) is 4.98 Å². The molecule has 0 saturated carbocycles. The van der Waals surface area contributed by atoms with Gasteiger partial charge in [0.15, 0.2) is 0 Å². The number of nitrogens with zero attached hydrogens (tertiary/aromatic N) is 1. The van der Waals surface area contributed by atoms with Crippen molar-refractivity contribution in [2.45, 2.75) is 19.4 Å². The number of fused-ring (bicyclic) bond motifs is 1. The fourth-order valence-electron chi connectivity index (χ4n) is 2.19. The first-order chi connectivity index (χ1) is 9.78. The summed E-state index contributed by atoms with van der Waals surface area (Å²) in [6, 6.07) is 10.7. The molecule has 2 heterocycles. The van der Waals surface area contributed by atoms with Crippen molar-refractivity contribution >= 4 is 48.8 Å². The number of aromatic nitrogens is 1. The first kappa shape index (κ1) is 14.2. The van der Waals surface area contributed by atoms with E-state index in [1.165, 1.54) is 19.1 Å². The number of thiophene rings is 1. The second-order valence-corrected chi connectivity index (χ2v) is 7.44. The Bertz CT molecular complexity index is 672. The van der Waals surface area contributed by atoms with E-state index >= 15 is 0 Å². The van der Waals surface area contributed by atoms with Crippen LogP contribution in [0.15, 0.2) is 40.2 Å². The summed E-state index contributed by atoms with van der Waals surface area (Å²) in [6.07, 6.45) is 0.978. The maximum Gasteiger partial charge on any atom is 0.111 e. The second kappa shape index (κ2) is 6.35. The summed E-state index contributed by atoms with van der Waals surface area (Å²) in [6.45, 7) is 3.09. The molecule has 0 amide bonds. The number of thiazole rings is 1. The molecule has 1 N–H and O–H groups in total. The third-order valence-corrected chi connectivity index (χ3v) is 6.24. The van der Waals surface area contributed by atoms with Crippen LogP contribution in [-0.4, -0.2) is 11.5 Å². The number of likely N-dealkylation sites (N-methyl/N-ethyl adjacent to an activating group) is 1. The number of hydrogen-bond donors (Lipinski definition) is 1. The minimum absolute atomic E-state index is 0.285. The van der Waals surface area contributed by atoms with E-state index in [0.29, 0.717) is 0 Å². The van der Waals surface area contributed by atoms with Gasteiger partial charge >= 0.3 is 0 Å². The summed E-state index contributed by atoms with van der Waals surface area (Å²) in [5, 5.41) is 6.86. The number of benzene rings is 1. The fraction of sp³-hybridized carbons (Fsp3) is 0.267. The molecule has 0 aliphatic carbocycles. The Hall–Kier alpha value is -0.750. The summed E-state index contributed by atoms with van der Waals surface area (Å²) in [4.78, 5) is 6.16. The van der Waals surface area contributed by atoms with E-state index in [1.807, 2.05) is 6.07 Å². The molecule has 0 bridgehead atoms. The smallest absolute Gasteiger partial charge is 0.111 e. The lowest BCUT2D eigenvalue weighted by atomic mass is 10.2. The molecule has 0 aliphatic heterocycles. The lowest BCUT2D eigenvalue weighted by Crippen LogP contribution is -2.22. The molecule has 0 fully saturated rings. The summed E-state index contributed by atoms with van der Waals surface area (Å²) >= 11 is 7.20. The maximum absolute atomic E-state index is 4.79. The molecule has 1 atom stereocenters. The van der Waals surface area contributed by atoms with Crippen molar-refractivity contribution in [2.75, 3.05) is 6.54 Å². The van der Waals surface area contributed by atoms with Crippen LogP contribution in [-0.2, 0) is 6.42 Å². The Kier molecular flexibility index (Phi) is 4.51. The molecule has 5 heteroatoms. The molecule has 0 spiro atoms. The molecule has 104 valence electrons. The van der Waals surface area contributed by atoms with Gasteiger partial charge in [-0.15, -0.1) is 22.7 Å². The van der Waals surface area contributed by atoms with Gasteiger partial charge < -0.3 is 5.32 Å². The zero-order valence-electron chi connectivity index (χ0n) is 11.1. The molecule has 20 heavy (non-hydrogen) atoms. The SMILES string of the molecule is CCNC(Cc1sccc1Br)c1nc2ccccc2s1. The Balaban J connectivity index is 1.91. The first-order valence-electron chi connectivity index (χ1n) is 6.58. The first-order valence-corrected chi connectivity index (χ1v) is 9.07. The molecule has 1 unspecified atom stereocenters. The van der Waals surface area contributed by atoms with E-state index < -0.39 is 0 Å². The van der Waals surface area contributed by atoms with Gasteiger partial charge in [-0.3, -0.25) is 0 Å². The lowest BCUT2D eigenvalue weighted by Gasteiger charge is -2.14. The van der Waals surface area contributed by atoms with Gasteiger partial charge in [-0.05, 0) is 46.1 Å². The van der Waals surface area contributed by atoms with E-state index in [4.69, 9.17) is 4.98 Å². The number of rotatable bonds is 5. The molecule has 0 aliphatic rings. The van der Waals surface area contributed by atoms with Gasteiger partial charge in [0, 0.05) is 15.8 Å². The molecular formula is C15H15BrN2S2. The highest BCUT2D eigenvalue weighted by Crippen LogP contribution is 2.32. The third kappa shape index (κ3) is 2.96. The van der Waals surface area contributed by atoms with E-state index in [0.717, 1.165) is 18.5 Å². The second-order valence-electron chi connectivity index (χ2n) is 4.53. The third-order valence-electron chi connectivity index (χ3n) is 3.14. The van der Waals surface area contributed by atoms with Gasteiger partial charge in [0.25, 0.3) is 0 Å². The number of halogens is 1. The quantitative estimate of drug-likeness (QED) is 0.685. The standard InChI is InChI=1S/C15H15BrN2S2/c1-2-17-12(9-14-10(16)7-8-19-14)15-18-11-5-3-4-6-13(11)20-15/h3-8,12,17H,2,9H2,1H3. The number of hydrogen-bond acceptors (Lipinski definition) is 4. The number of para-hydroxylation sites is 1. The maximum atomic E-state index is 4.79. The average molecular weight is 367 g/mol. The predicted octanol–water partition coefficient (Wildman–Crippen LogP) is 5.01. The van der Waals surface area contributed by atoms with Gasteiger partial charge in [0.1, 0.15) is 5.01 Å². The normalized spacial score (nSPS) is 12.9. The molecule has 3 rings (SSSR count). The van der Waals surface area contributed by atoms with Crippen LogP contribution in [0.2, 0.25) is 0 Å². The molecule has 2 nitrogen and oxygen atoms in total. The topological polar surface area (TPSA) is 24.9 Å². The van der Waals surface area contributed by atoms with Crippen molar-refractivity contribution in [3.8, 4) is 0 Å². The molecule has 3 aromatic rings. The zero-order valence-corrected chi connectivity index (χ0v) is 14.3. The van der Waals surface area contributed by atoms with E-state index in [1.54, 1.807) is 22.7 Å². The lowest BCUT2D eigenvalue weighted by molar-refractivity contribution is 0.551. The van der Waals surface area contributed by atoms with E-state index in [2.05, 4.69) is 57.8 Å². The van der Waals surface area contributed by atoms with Gasteiger partial charge in [-0.2, -0.15) is 0 Å². The highest BCUT2D eigenvalue weighted by Gasteiger charge is 2.17. The van der Waals surface area contributed by atoms with E-state index in [9.17, 15) is 0 Å². The molecule has 0 radical (unpaired) electrons. The van der Waals surface area contributed by atoms with Crippen molar-refractivity contribution in [1.29, 1.82) is 0 Å². The van der Waals surface area contributed by atoms with Gasteiger partial charge in [-0.1, -0.05) is 19.1 Å². The fourth-order valence-corrected chi connectivity index (χ4v) is 4.79. The van der Waals surface area contributed by atoms with Crippen LogP contribution < -0.4 is 5.32 Å². The van der Waals surface area contributed by atoms with Gasteiger partial charge in [0.05, 0.1) is 16.3 Å². The Labute approximate surface area is 135 Å². The highest BCUT2D eigenvalue weighted by molar-refractivity contribution is 9.10. The van der Waals surface area contributed by atoms with Crippen LogP contribution in [0.3, 0.4) is 0 Å². The minimum Gasteiger partial charge on any atom is -0.308 e. The Morgan fingerprint density at radius 1 is 1.30 bits per heavy atom. The summed E-state index contributed by atoms with van der Waals surface area (Å²) in [7, 11) is 0. The van der Waals surface area contributed by atoms with Gasteiger partial charge in [0.2, 0.25) is 0 Å². The predicted molar refractivity (Wildman–Crippen MR) is 91.8 cm³/mol. The monoisotopic (exact) mass is 366 g/mol. The van der Waals surface area contributed by atoms with Crippen LogP contribution in [0.4, 0.5) is 0 Å². The average Bonchev–Trinajstić information content (AvgIpc) is 3.04. The van der Waals surface area contributed by atoms with Crippen LogP contribution >= 0.6 is 38.6 Å². The summed E-state index contributed by atoms with van der Waals surface area (Å²) in [5.41, 5.74) is 1.10. The molecule has 0 saturated heterocycles. The molecule has 2 aromatic heterocycles. The van der Waals surface area contributed by atoms with Crippen molar-refractivity contribution in [1.82, 2.24) is 10.3 Å². The Morgan fingerprint density at radius 2 is 2.15 bits per heavy atom. The molecule has 1 aromatic carbocycles. The highest BCUT2D eigenvalue weighted by atomic mass is 79.9. The minimum atomic E-state index is 0.285. The summed E-state index contributed by atoms with van der Waals surface area (Å²) < 4.78 is 2.46. The van der Waals surface area contributed by atoms with E-state index in [-0.39, 0.29) is 6.04 Å².